The molecule has 1 amide bonds. The topological polar surface area (TPSA) is 67.6 Å². The van der Waals surface area contributed by atoms with E-state index in [0.29, 0.717) is 12.6 Å². The Bertz CT molecular complexity index is 294. The second-order valence-electron chi connectivity index (χ2n) is 6.66. The predicted octanol–water partition coefficient (Wildman–Crippen LogP) is 1.12. The molecule has 0 aromatic rings. The molecular weight excluding hydrogens is 254 g/mol. The lowest BCUT2D eigenvalue weighted by Crippen LogP contribution is -2.53. The standard InChI is InChI=1S/C15H31N3O2/c1-12(14(19)17-15(2,3)4)18-9-6-13(7-10-18)20-11-5-8-16/h12-13H,5-11,16H2,1-4H3,(H,17,19). The third-order valence-corrected chi connectivity index (χ3v) is 3.60. The maximum atomic E-state index is 12.2. The van der Waals surface area contributed by atoms with E-state index in [0.717, 1.165) is 39.0 Å². The highest BCUT2D eigenvalue weighted by Crippen LogP contribution is 2.16. The number of likely N-dealkylation sites (tertiary alicyclic amines) is 1. The van der Waals surface area contributed by atoms with Gasteiger partial charge >= 0.3 is 0 Å². The first-order valence-corrected chi connectivity index (χ1v) is 7.71. The maximum Gasteiger partial charge on any atom is 0.237 e. The SMILES string of the molecule is CC(C(=O)NC(C)(C)C)N1CCC(OCCCN)CC1. The van der Waals surface area contributed by atoms with Crippen molar-refractivity contribution in [3.63, 3.8) is 0 Å². The largest absolute Gasteiger partial charge is 0.378 e. The number of nitrogens with zero attached hydrogens (tertiary/aromatic N) is 1. The molecular formula is C15H31N3O2. The molecule has 0 radical (unpaired) electrons. The molecule has 1 fully saturated rings. The highest BCUT2D eigenvalue weighted by Gasteiger charge is 2.28. The maximum absolute atomic E-state index is 12.2. The summed E-state index contributed by atoms with van der Waals surface area (Å²) in [6, 6.07) is -0.0702. The van der Waals surface area contributed by atoms with Gasteiger partial charge in [0.25, 0.3) is 0 Å². The van der Waals surface area contributed by atoms with Gasteiger partial charge in [0, 0.05) is 25.2 Å². The van der Waals surface area contributed by atoms with Crippen molar-refractivity contribution in [1.29, 1.82) is 0 Å². The van der Waals surface area contributed by atoms with Gasteiger partial charge in [-0.1, -0.05) is 0 Å². The van der Waals surface area contributed by atoms with Crippen LogP contribution in [-0.4, -0.2) is 54.7 Å². The average molecular weight is 285 g/mol. The molecule has 5 heteroatoms. The lowest BCUT2D eigenvalue weighted by atomic mass is 10.0. The lowest BCUT2D eigenvalue weighted by molar-refractivity contribution is -0.128. The zero-order chi connectivity index (χ0) is 15.2. The van der Waals surface area contributed by atoms with Crippen molar-refractivity contribution < 1.29 is 9.53 Å². The van der Waals surface area contributed by atoms with Crippen molar-refractivity contribution in [3.8, 4) is 0 Å². The van der Waals surface area contributed by atoms with Gasteiger partial charge in [-0.25, -0.2) is 0 Å². The number of amides is 1. The number of carbonyl (C=O) groups excluding carboxylic acids is 1. The van der Waals surface area contributed by atoms with Gasteiger partial charge in [0.1, 0.15) is 0 Å². The summed E-state index contributed by atoms with van der Waals surface area (Å²) >= 11 is 0. The molecule has 0 spiro atoms. The Hall–Kier alpha value is -0.650. The van der Waals surface area contributed by atoms with Crippen molar-refractivity contribution >= 4 is 5.91 Å². The number of rotatable bonds is 6. The Labute approximate surface area is 123 Å². The summed E-state index contributed by atoms with van der Waals surface area (Å²) in [4.78, 5) is 14.4. The summed E-state index contributed by atoms with van der Waals surface area (Å²) in [5, 5.41) is 3.04. The molecule has 1 unspecified atom stereocenters. The van der Waals surface area contributed by atoms with Crippen LogP contribution in [0.15, 0.2) is 0 Å². The van der Waals surface area contributed by atoms with Gasteiger partial charge in [-0.05, 0) is 53.5 Å². The summed E-state index contributed by atoms with van der Waals surface area (Å²) in [6.45, 7) is 11.3. The second-order valence-corrected chi connectivity index (χ2v) is 6.66. The van der Waals surface area contributed by atoms with Gasteiger partial charge in [0.05, 0.1) is 12.1 Å². The number of carbonyl (C=O) groups is 1. The number of nitrogens with one attached hydrogen (secondary N) is 1. The summed E-state index contributed by atoms with van der Waals surface area (Å²) in [5.41, 5.74) is 5.29. The van der Waals surface area contributed by atoms with Crippen LogP contribution in [0.5, 0.6) is 0 Å². The molecule has 1 rings (SSSR count). The van der Waals surface area contributed by atoms with Crippen molar-refractivity contribution in [2.75, 3.05) is 26.2 Å². The number of nitrogens with two attached hydrogens (primary N) is 1. The van der Waals surface area contributed by atoms with Gasteiger partial charge in [-0.15, -0.1) is 0 Å². The number of piperidine rings is 1. The molecule has 0 bridgehead atoms. The molecule has 5 nitrogen and oxygen atoms in total. The van der Waals surface area contributed by atoms with Crippen LogP contribution in [0, 0.1) is 0 Å². The Balaban J connectivity index is 2.31. The van der Waals surface area contributed by atoms with E-state index in [9.17, 15) is 4.79 Å². The first kappa shape index (κ1) is 17.4. The highest BCUT2D eigenvalue weighted by molar-refractivity contribution is 5.81. The first-order chi connectivity index (χ1) is 9.33. The van der Waals surface area contributed by atoms with Crippen LogP contribution in [0.2, 0.25) is 0 Å². The molecule has 3 N–H and O–H groups in total. The van der Waals surface area contributed by atoms with Gasteiger partial charge < -0.3 is 15.8 Å². The molecule has 118 valence electrons. The van der Waals surface area contributed by atoms with E-state index in [4.69, 9.17) is 10.5 Å². The second kappa shape index (κ2) is 7.96. The predicted molar refractivity (Wildman–Crippen MR) is 81.6 cm³/mol. The van der Waals surface area contributed by atoms with Crippen molar-refractivity contribution in [2.45, 2.75) is 64.6 Å². The third kappa shape index (κ3) is 6.20. The van der Waals surface area contributed by atoms with E-state index >= 15 is 0 Å². The lowest BCUT2D eigenvalue weighted by Gasteiger charge is -2.36. The number of hydrogen-bond acceptors (Lipinski definition) is 4. The fourth-order valence-corrected chi connectivity index (χ4v) is 2.40. The van der Waals surface area contributed by atoms with Crippen LogP contribution >= 0.6 is 0 Å². The molecule has 1 atom stereocenters. The Morgan fingerprint density at radius 2 is 2.00 bits per heavy atom. The fourth-order valence-electron chi connectivity index (χ4n) is 2.40. The number of hydrogen-bond donors (Lipinski definition) is 2. The summed E-state index contributed by atoms with van der Waals surface area (Å²) in [5.74, 6) is 0.111. The van der Waals surface area contributed by atoms with Crippen LogP contribution in [-0.2, 0) is 9.53 Å². The fraction of sp³-hybridized carbons (Fsp3) is 0.933. The summed E-state index contributed by atoms with van der Waals surface area (Å²) in [7, 11) is 0. The minimum Gasteiger partial charge on any atom is -0.378 e. The molecule has 1 aliphatic heterocycles. The van der Waals surface area contributed by atoms with Gasteiger partial charge in [0.2, 0.25) is 5.91 Å². The highest BCUT2D eigenvalue weighted by atomic mass is 16.5. The Morgan fingerprint density at radius 1 is 1.40 bits per heavy atom. The minimum absolute atomic E-state index is 0.0702. The molecule has 0 aromatic carbocycles. The first-order valence-electron chi connectivity index (χ1n) is 7.71. The van der Waals surface area contributed by atoms with Crippen molar-refractivity contribution in [2.24, 2.45) is 5.73 Å². The molecule has 1 heterocycles. The van der Waals surface area contributed by atoms with E-state index in [2.05, 4.69) is 10.2 Å². The van der Waals surface area contributed by atoms with Crippen molar-refractivity contribution in [1.82, 2.24) is 10.2 Å². The Morgan fingerprint density at radius 3 is 2.50 bits per heavy atom. The normalized spacial score (nSPS) is 19.9. The third-order valence-electron chi connectivity index (χ3n) is 3.60. The van der Waals surface area contributed by atoms with Gasteiger partial charge in [-0.2, -0.15) is 0 Å². The van der Waals surface area contributed by atoms with Crippen molar-refractivity contribution in [3.05, 3.63) is 0 Å². The summed E-state index contributed by atoms with van der Waals surface area (Å²) in [6.07, 6.45) is 3.25. The molecule has 1 saturated heterocycles. The molecule has 20 heavy (non-hydrogen) atoms. The quantitative estimate of drug-likeness (QED) is 0.718. The van der Waals surface area contributed by atoms with Crippen LogP contribution in [0.4, 0.5) is 0 Å². The molecule has 1 aliphatic rings. The van der Waals surface area contributed by atoms with Crippen LogP contribution in [0.25, 0.3) is 0 Å². The minimum atomic E-state index is -0.172. The molecule has 0 saturated carbocycles. The van der Waals surface area contributed by atoms with Crippen LogP contribution < -0.4 is 11.1 Å². The van der Waals surface area contributed by atoms with E-state index < -0.39 is 0 Å². The average Bonchev–Trinajstić information content (AvgIpc) is 2.37. The van der Waals surface area contributed by atoms with E-state index in [1.807, 2.05) is 27.7 Å². The number of ether oxygens (including phenoxy) is 1. The zero-order valence-electron chi connectivity index (χ0n) is 13.4. The zero-order valence-corrected chi connectivity index (χ0v) is 13.4. The summed E-state index contributed by atoms with van der Waals surface area (Å²) < 4.78 is 5.79. The van der Waals surface area contributed by atoms with Crippen LogP contribution in [0.1, 0.15) is 47.0 Å². The smallest absolute Gasteiger partial charge is 0.237 e. The molecule has 0 aromatic heterocycles. The van der Waals surface area contributed by atoms with E-state index in [1.54, 1.807) is 0 Å². The van der Waals surface area contributed by atoms with Crippen LogP contribution in [0.3, 0.4) is 0 Å². The van der Waals surface area contributed by atoms with Gasteiger partial charge in [-0.3, -0.25) is 9.69 Å². The van der Waals surface area contributed by atoms with E-state index in [-0.39, 0.29) is 17.5 Å². The van der Waals surface area contributed by atoms with E-state index in [1.165, 1.54) is 0 Å². The Kier molecular flexibility index (Phi) is 6.92. The van der Waals surface area contributed by atoms with Gasteiger partial charge in [0.15, 0.2) is 0 Å². The molecule has 0 aliphatic carbocycles. The monoisotopic (exact) mass is 285 g/mol.